The van der Waals surface area contributed by atoms with Gasteiger partial charge in [-0.3, -0.25) is 9.59 Å². The first-order chi connectivity index (χ1) is 8.47. The summed E-state index contributed by atoms with van der Waals surface area (Å²) in [6.45, 7) is 0. The van der Waals surface area contributed by atoms with Crippen molar-refractivity contribution in [1.29, 1.82) is 0 Å². The van der Waals surface area contributed by atoms with Crippen molar-refractivity contribution in [2.24, 2.45) is 5.92 Å². The molecule has 1 amide bonds. The van der Waals surface area contributed by atoms with Crippen molar-refractivity contribution in [3.05, 3.63) is 20.3 Å². The summed E-state index contributed by atoms with van der Waals surface area (Å²) in [5.74, 6) is -1.01. The van der Waals surface area contributed by atoms with Gasteiger partial charge in [0.05, 0.1) is 16.3 Å². The van der Waals surface area contributed by atoms with Gasteiger partial charge in [0.25, 0.3) is 5.91 Å². The van der Waals surface area contributed by atoms with Crippen molar-refractivity contribution < 1.29 is 14.7 Å². The number of halogens is 2. The molecule has 2 N–H and O–H groups in total. The molecule has 0 saturated heterocycles. The summed E-state index contributed by atoms with van der Waals surface area (Å²) in [6.07, 6.45) is 1.85. The Bertz CT molecular complexity index is 485. The van der Waals surface area contributed by atoms with Gasteiger partial charge in [0.2, 0.25) is 0 Å². The van der Waals surface area contributed by atoms with Crippen LogP contribution in [0.25, 0.3) is 0 Å². The van der Waals surface area contributed by atoms with Crippen molar-refractivity contribution in [2.45, 2.75) is 25.3 Å². The largest absolute Gasteiger partial charge is 0.481 e. The number of carboxylic acid groups (broad SMARTS) is 1. The normalized spacial score (nSPS) is 16.3. The number of hydrogen-bond donors (Lipinski definition) is 2. The van der Waals surface area contributed by atoms with Gasteiger partial charge >= 0.3 is 5.97 Å². The van der Waals surface area contributed by atoms with Crippen molar-refractivity contribution in [2.75, 3.05) is 0 Å². The Morgan fingerprint density at radius 2 is 2.17 bits per heavy atom. The monoisotopic (exact) mass is 307 g/mol. The number of nitrogens with one attached hydrogen (secondary N) is 1. The van der Waals surface area contributed by atoms with Crippen LogP contribution in [0.15, 0.2) is 6.07 Å². The summed E-state index contributed by atoms with van der Waals surface area (Å²) >= 11 is 12.8. The number of aliphatic carboxylic acids is 1. The number of carbonyl (C=O) groups excluding carboxylic acids is 1. The average molecular weight is 308 g/mol. The van der Waals surface area contributed by atoms with Crippen LogP contribution in [0, 0.1) is 5.92 Å². The van der Waals surface area contributed by atoms with E-state index < -0.39 is 5.97 Å². The second-order valence-corrected chi connectivity index (χ2v) is 6.54. The van der Waals surface area contributed by atoms with Gasteiger partial charge in [-0.15, -0.1) is 11.3 Å². The summed E-state index contributed by atoms with van der Waals surface area (Å²) in [5, 5.41) is 11.5. The third-order valence-electron chi connectivity index (χ3n) is 2.80. The van der Waals surface area contributed by atoms with Crippen LogP contribution in [0.1, 0.15) is 29.6 Å². The maximum atomic E-state index is 12.0. The van der Waals surface area contributed by atoms with Crippen LogP contribution >= 0.6 is 34.5 Å². The lowest BCUT2D eigenvalue weighted by Crippen LogP contribution is -2.38. The Hall–Kier alpha value is -0.780. The van der Waals surface area contributed by atoms with Crippen LogP contribution in [-0.2, 0) is 4.79 Å². The maximum absolute atomic E-state index is 12.0. The predicted molar refractivity (Wildman–Crippen MR) is 70.6 cm³/mol. The molecule has 0 radical (unpaired) electrons. The summed E-state index contributed by atoms with van der Waals surface area (Å²) in [6, 6.07) is 1.17. The molecule has 1 heterocycles. The van der Waals surface area contributed by atoms with Gasteiger partial charge in [0.15, 0.2) is 0 Å². The Kier molecular flexibility index (Phi) is 4.14. The van der Waals surface area contributed by atoms with E-state index in [1.807, 2.05) is 0 Å². The lowest BCUT2D eigenvalue weighted by atomic mass is 10.1. The second kappa shape index (κ2) is 5.47. The molecule has 0 aromatic carbocycles. The summed E-state index contributed by atoms with van der Waals surface area (Å²) < 4.78 is 0.758. The van der Waals surface area contributed by atoms with Gasteiger partial charge < -0.3 is 10.4 Å². The molecule has 0 bridgehead atoms. The average Bonchev–Trinajstić information content (AvgIpc) is 3.03. The van der Waals surface area contributed by atoms with Gasteiger partial charge in [0.1, 0.15) is 4.34 Å². The van der Waals surface area contributed by atoms with E-state index in [0.717, 1.165) is 24.2 Å². The van der Waals surface area contributed by atoms with Crippen LogP contribution in [0.3, 0.4) is 0 Å². The maximum Gasteiger partial charge on any atom is 0.305 e. The third-order valence-corrected chi connectivity index (χ3v) is 4.29. The highest BCUT2D eigenvalue weighted by molar-refractivity contribution is 7.20. The first-order valence-electron chi connectivity index (χ1n) is 5.45. The minimum atomic E-state index is -0.915. The smallest absolute Gasteiger partial charge is 0.305 e. The summed E-state index contributed by atoms with van der Waals surface area (Å²) in [5.41, 5.74) is 0.308. The SMILES string of the molecule is O=C(O)CC(NC(=O)c1cc(Cl)sc1Cl)C1CC1. The van der Waals surface area contributed by atoms with E-state index in [2.05, 4.69) is 5.32 Å². The number of hydrogen-bond acceptors (Lipinski definition) is 3. The van der Waals surface area contributed by atoms with Gasteiger partial charge in [-0.2, -0.15) is 0 Å². The Morgan fingerprint density at radius 3 is 2.61 bits per heavy atom. The number of rotatable bonds is 5. The molecule has 1 aromatic heterocycles. The van der Waals surface area contributed by atoms with Gasteiger partial charge in [-0.25, -0.2) is 0 Å². The number of thiophene rings is 1. The fraction of sp³-hybridized carbons (Fsp3) is 0.455. The molecule has 98 valence electrons. The van der Waals surface area contributed by atoms with E-state index >= 15 is 0 Å². The van der Waals surface area contributed by atoms with Gasteiger partial charge in [-0.1, -0.05) is 23.2 Å². The molecular formula is C11H11Cl2NO3S. The van der Waals surface area contributed by atoms with Crippen LogP contribution in [0.2, 0.25) is 8.67 Å². The molecule has 1 aliphatic rings. The Balaban J connectivity index is 2.04. The van der Waals surface area contributed by atoms with Crippen LogP contribution < -0.4 is 5.32 Å². The molecule has 2 rings (SSSR count). The zero-order valence-corrected chi connectivity index (χ0v) is 11.6. The number of carbonyl (C=O) groups is 2. The zero-order chi connectivity index (χ0) is 13.3. The molecule has 4 nitrogen and oxygen atoms in total. The van der Waals surface area contributed by atoms with Gasteiger partial charge in [0, 0.05) is 6.04 Å². The fourth-order valence-corrected chi connectivity index (χ4v) is 3.22. The quantitative estimate of drug-likeness (QED) is 0.878. The van der Waals surface area contributed by atoms with Crippen molar-refractivity contribution in [3.63, 3.8) is 0 Å². The van der Waals surface area contributed by atoms with Crippen molar-refractivity contribution in [3.8, 4) is 0 Å². The van der Waals surface area contributed by atoms with Crippen LogP contribution in [-0.4, -0.2) is 23.0 Å². The molecule has 1 fully saturated rings. The van der Waals surface area contributed by atoms with E-state index in [1.54, 1.807) is 0 Å². The number of carboxylic acids is 1. The topological polar surface area (TPSA) is 66.4 Å². The molecule has 1 atom stereocenters. The van der Waals surface area contributed by atoms with E-state index in [9.17, 15) is 9.59 Å². The molecule has 0 aliphatic heterocycles. The van der Waals surface area contributed by atoms with Crippen LogP contribution in [0.5, 0.6) is 0 Å². The minimum Gasteiger partial charge on any atom is -0.481 e. The number of amides is 1. The highest BCUT2D eigenvalue weighted by Crippen LogP contribution is 2.35. The standard InChI is InChI=1S/C11H11Cl2NO3S/c12-8-3-6(10(13)18-8)11(17)14-7(4-9(15)16)5-1-2-5/h3,5,7H,1-2,4H2,(H,14,17)(H,15,16). The first kappa shape index (κ1) is 13.6. The molecule has 1 aliphatic carbocycles. The zero-order valence-electron chi connectivity index (χ0n) is 9.28. The van der Waals surface area contributed by atoms with Crippen molar-refractivity contribution >= 4 is 46.4 Å². The first-order valence-corrected chi connectivity index (χ1v) is 7.02. The predicted octanol–water partition coefficient (Wildman–Crippen LogP) is 3.04. The Labute approximate surface area is 118 Å². The van der Waals surface area contributed by atoms with E-state index in [4.69, 9.17) is 28.3 Å². The molecule has 0 spiro atoms. The van der Waals surface area contributed by atoms with Crippen LogP contribution in [0.4, 0.5) is 0 Å². The van der Waals surface area contributed by atoms with Gasteiger partial charge in [-0.05, 0) is 24.8 Å². The fourth-order valence-electron chi connectivity index (χ4n) is 1.76. The molecular weight excluding hydrogens is 297 g/mol. The summed E-state index contributed by atoms with van der Waals surface area (Å²) in [7, 11) is 0. The van der Waals surface area contributed by atoms with E-state index in [1.165, 1.54) is 6.07 Å². The Morgan fingerprint density at radius 1 is 1.50 bits per heavy atom. The second-order valence-electron chi connectivity index (χ2n) is 4.25. The lowest BCUT2D eigenvalue weighted by Gasteiger charge is -2.15. The van der Waals surface area contributed by atoms with Crippen molar-refractivity contribution in [1.82, 2.24) is 5.32 Å². The molecule has 1 unspecified atom stereocenters. The highest BCUT2D eigenvalue weighted by atomic mass is 35.5. The molecule has 18 heavy (non-hydrogen) atoms. The highest BCUT2D eigenvalue weighted by Gasteiger charge is 2.34. The third kappa shape index (κ3) is 3.37. The van der Waals surface area contributed by atoms with E-state index in [0.29, 0.717) is 14.2 Å². The minimum absolute atomic E-state index is 0.0636. The summed E-state index contributed by atoms with van der Waals surface area (Å²) in [4.78, 5) is 22.7. The molecule has 1 saturated carbocycles. The molecule has 7 heteroatoms. The van der Waals surface area contributed by atoms with E-state index in [-0.39, 0.29) is 24.3 Å². The molecule has 1 aromatic rings. The lowest BCUT2D eigenvalue weighted by molar-refractivity contribution is -0.137.